The van der Waals surface area contributed by atoms with Crippen LogP contribution in [0, 0.1) is 0 Å². The monoisotopic (exact) mass is 296 g/mol. The third-order valence-corrected chi connectivity index (χ3v) is 4.87. The van der Waals surface area contributed by atoms with E-state index in [0.717, 1.165) is 12.0 Å². The maximum Gasteiger partial charge on any atom is 0.240 e. The van der Waals surface area contributed by atoms with Crippen molar-refractivity contribution in [3.8, 4) is 0 Å². The number of nitrogens with zero attached hydrogens (tertiary/aromatic N) is 4. The van der Waals surface area contributed by atoms with Gasteiger partial charge >= 0.3 is 0 Å². The van der Waals surface area contributed by atoms with E-state index < -0.39 is 5.41 Å². The van der Waals surface area contributed by atoms with Crippen LogP contribution in [0.15, 0.2) is 30.6 Å². The van der Waals surface area contributed by atoms with Gasteiger partial charge in [0.15, 0.2) is 5.82 Å². The van der Waals surface area contributed by atoms with Gasteiger partial charge in [0.25, 0.3) is 0 Å². The van der Waals surface area contributed by atoms with Gasteiger partial charge in [-0.2, -0.15) is 0 Å². The van der Waals surface area contributed by atoms with Crippen molar-refractivity contribution >= 4 is 11.8 Å². The van der Waals surface area contributed by atoms with Crippen molar-refractivity contribution in [3.63, 3.8) is 0 Å². The van der Waals surface area contributed by atoms with E-state index >= 15 is 0 Å². The molecule has 1 aromatic heterocycles. The van der Waals surface area contributed by atoms with Crippen LogP contribution < -0.4 is 0 Å². The Morgan fingerprint density at radius 1 is 1.27 bits per heavy atom. The van der Waals surface area contributed by atoms with Gasteiger partial charge in [-0.3, -0.25) is 14.5 Å². The minimum atomic E-state index is -0.660. The summed E-state index contributed by atoms with van der Waals surface area (Å²) in [6.07, 6.45) is 3.40. The van der Waals surface area contributed by atoms with Crippen molar-refractivity contribution in [1.29, 1.82) is 0 Å². The molecule has 0 radical (unpaired) electrons. The van der Waals surface area contributed by atoms with Crippen molar-refractivity contribution in [3.05, 3.63) is 47.5 Å². The smallest absolute Gasteiger partial charge is 0.240 e. The van der Waals surface area contributed by atoms with E-state index in [1.165, 1.54) is 10.5 Å². The lowest BCUT2D eigenvalue weighted by Crippen LogP contribution is -2.37. The van der Waals surface area contributed by atoms with Gasteiger partial charge in [0.1, 0.15) is 6.33 Å². The van der Waals surface area contributed by atoms with Gasteiger partial charge in [-0.1, -0.05) is 24.3 Å². The molecule has 2 amide bonds. The average Bonchev–Trinajstić information content (AvgIpc) is 3.15. The van der Waals surface area contributed by atoms with E-state index in [9.17, 15) is 9.59 Å². The molecule has 6 heteroatoms. The number of aromatic nitrogens is 3. The lowest BCUT2D eigenvalue weighted by Gasteiger charge is -2.22. The van der Waals surface area contributed by atoms with Crippen molar-refractivity contribution < 1.29 is 9.59 Å². The molecule has 1 aliphatic carbocycles. The molecule has 1 aromatic carbocycles. The van der Waals surface area contributed by atoms with Crippen LogP contribution in [0.25, 0.3) is 0 Å². The number of hydrogen-bond acceptors (Lipinski definition) is 4. The minimum absolute atomic E-state index is 0.0922. The number of hydrogen-bond donors (Lipinski definition) is 0. The van der Waals surface area contributed by atoms with Gasteiger partial charge < -0.3 is 4.57 Å². The first kappa shape index (κ1) is 13.2. The maximum absolute atomic E-state index is 13.0. The van der Waals surface area contributed by atoms with E-state index in [1.54, 1.807) is 17.9 Å². The lowest BCUT2D eigenvalue weighted by atomic mass is 9.80. The summed E-state index contributed by atoms with van der Waals surface area (Å²) in [7, 11) is 1.81. The Labute approximate surface area is 127 Å². The zero-order valence-electron chi connectivity index (χ0n) is 12.3. The van der Waals surface area contributed by atoms with Gasteiger partial charge in [-0.15, -0.1) is 10.2 Å². The van der Waals surface area contributed by atoms with Crippen LogP contribution in [0.1, 0.15) is 29.8 Å². The molecule has 1 aliphatic heterocycles. The second-order valence-electron chi connectivity index (χ2n) is 6.06. The highest BCUT2D eigenvalue weighted by Crippen LogP contribution is 2.46. The van der Waals surface area contributed by atoms with Gasteiger partial charge in [0.2, 0.25) is 11.8 Å². The molecule has 1 spiro atoms. The van der Waals surface area contributed by atoms with Crippen LogP contribution in [-0.4, -0.2) is 31.5 Å². The molecule has 0 bridgehead atoms. The number of benzene rings is 1. The summed E-state index contributed by atoms with van der Waals surface area (Å²) in [6.45, 7) is 0.193. The molecular formula is C16H16N4O2. The number of amides is 2. The van der Waals surface area contributed by atoms with Crippen LogP contribution in [0.3, 0.4) is 0 Å². The molecule has 22 heavy (non-hydrogen) atoms. The first-order valence-electron chi connectivity index (χ1n) is 7.38. The Balaban J connectivity index is 1.70. The minimum Gasteiger partial charge on any atom is -0.319 e. The van der Waals surface area contributed by atoms with Crippen LogP contribution in [0.5, 0.6) is 0 Å². The van der Waals surface area contributed by atoms with Gasteiger partial charge in [0.05, 0.1) is 12.0 Å². The second kappa shape index (κ2) is 4.50. The zero-order chi connectivity index (χ0) is 15.3. The Morgan fingerprint density at radius 2 is 2.09 bits per heavy atom. The molecular weight excluding hydrogens is 280 g/mol. The molecule has 0 saturated carbocycles. The van der Waals surface area contributed by atoms with Crippen LogP contribution in [0.4, 0.5) is 0 Å². The number of carbonyl (C=O) groups is 2. The molecule has 4 rings (SSSR count). The van der Waals surface area contributed by atoms with Crippen molar-refractivity contribution in [1.82, 2.24) is 19.7 Å². The summed E-state index contributed by atoms with van der Waals surface area (Å²) in [6, 6.07) is 7.96. The predicted molar refractivity (Wildman–Crippen MR) is 77.6 cm³/mol. The van der Waals surface area contributed by atoms with Crippen molar-refractivity contribution in [2.45, 2.75) is 31.2 Å². The van der Waals surface area contributed by atoms with Gasteiger partial charge in [0, 0.05) is 13.5 Å². The summed E-state index contributed by atoms with van der Waals surface area (Å²) in [5, 5.41) is 7.78. The van der Waals surface area contributed by atoms with E-state index in [2.05, 4.69) is 10.2 Å². The number of fused-ring (bicyclic) bond motifs is 2. The average molecular weight is 296 g/mol. The van der Waals surface area contributed by atoms with Crippen LogP contribution in [0.2, 0.25) is 0 Å². The summed E-state index contributed by atoms with van der Waals surface area (Å²) in [5.74, 6) is 0.403. The summed E-state index contributed by atoms with van der Waals surface area (Å²) >= 11 is 0. The summed E-state index contributed by atoms with van der Waals surface area (Å²) < 4.78 is 1.73. The second-order valence-corrected chi connectivity index (χ2v) is 6.06. The van der Waals surface area contributed by atoms with Gasteiger partial charge in [-0.25, -0.2) is 0 Å². The standard InChI is InChI=1S/C16H16N4O2/c1-19-10-17-18-13(19)9-20-14(21)8-16(15(20)22)7-6-11-4-2-3-5-12(11)16/h2-5,10H,6-9H2,1H3. The fraction of sp³-hybridized carbons (Fsp3) is 0.375. The highest BCUT2D eigenvalue weighted by molar-refractivity contribution is 6.09. The molecule has 1 atom stereocenters. The molecule has 0 N–H and O–H groups in total. The van der Waals surface area contributed by atoms with Crippen molar-refractivity contribution in [2.75, 3.05) is 0 Å². The fourth-order valence-corrected chi connectivity index (χ4v) is 3.65. The fourth-order valence-electron chi connectivity index (χ4n) is 3.65. The SMILES string of the molecule is Cn1cnnc1CN1C(=O)CC2(CCc3ccccc32)C1=O. The molecule has 112 valence electrons. The summed E-state index contributed by atoms with van der Waals surface area (Å²) in [5.41, 5.74) is 1.55. The van der Waals surface area contributed by atoms with Gasteiger partial charge in [-0.05, 0) is 24.0 Å². The highest BCUT2D eigenvalue weighted by Gasteiger charge is 2.55. The number of carbonyl (C=O) groups excluding carboxylic acids is 2. The highest BCUT2D eigenvalue weighted by atomic mass is 16.2. The molecule has 1 saturated heterocycles. The van der Waals surface area contributed by atoms with Crippen LogP contribution in [-0.2, 0) is 35.0 Å². The van der Waals surface area contributed by atoms with E-state index in [-0.39, 0.29) is 24.8 Å². The normalized spacial score (nSPS) is 23.6. The van der Waals surface area contributed by atoms with E-state index in [0.29, 0.717) is 12.2 Å². The molecule has 6 nitrogen and oxygen atoms in total. The Kier molecular flexibility index (Phi) is 2.69. The largest absolute Gasteiger partial charge is 0.319 e. The topological polar surface area (TPSA) is 68.1 Å². The molecule has 2 aromatic rings. The first-order valence-corrected chi connectivity index (χ1v) is 7.38. The zero-order valence-corrected chi connectivity index (χ0v) is 12.3. The number of imide groups is 1. The summed E-state index contributed by atoms with van der Waals surface area (Å²) in [4.78, 5) is 26.8. The molecule has 1 fully saturated rings. The lowest BCUT2D eigenvalue weighted by molar-refractivity contribution is -0.140. The number of likely N-dealkylation sites (tertiary alicyclic amines) is 1. The number of rotatable bonds is 2. The van der Waals surface area contributed by atoms with E-state index in [1.807, 2.05) is 24.3 Å². The third-order valence-electron chi connectivity index (χ3n) is 4.87. The Hall–Kier alpha value is -2.50. The number of aryl methyl sites for hydroxylation is 2. The third kappa shape index (κ3) is 1.66. The quantitative estimate of drug-likeness (QED) is 0.774. The molecule has 1 unspecified atom stereocenters. The molecule has 2 heterocycles. The Bertz CT molecular complexity index is 782. The van der Waals surface area contributed by atoms with E-state index in [4.69, 9.17) is 0 Å². The molecule has 2 aliphatic rings. The maximum atomic E-state index is 13.0. The first-order chi connectivity index (χ1) is 10.6. The van der Waals surface area contributed by atoms with Crippen LogP contribution >= 0.6 is 0 Å². The Morgan fingerprint density at radius 3 is 2.86 bits per heavy atom. The van der Waals surface area contributed by atoms with Crippen molar-refractivity contribution in [2.24, 2.45) is 7.05 Å². The predicted octanol–water partition coefficient (Wildman–Crippen LogP) is 0.958.